The second-order valence-corrected chi connectivity index (χ2v) is 9.10. The summed E-state index contributed by atoms with van der Waals surface area (Å²) in [4.78, 5) is 18.2. The number of fused-ring (bicyclic) bond motifs is 1. The molecular formula is C17H24N2O4S. The van der Waals surface area contributed by atoms with Gasteiger partial charge in [-0.3, -0.25) is 9.78 Å². The molecule has 1 amide bonds. The lowest BCUT2D eigenvalue weighted by Crippen LogP contribution is -2.37. The van der Waals surface area contributed by atoms with E-state index in [-0.39, 0.29) is 18.1 Å². The molecule has 0 N–H and O–H groups in total. The maximum atomic E-state index is 12.2. The lowest BCUT2D eigenvalue weighted by molar-refractivity contribution is -0.131. The van der Waals surface area contributed by atoms with E-state index in [1.54, 1.807) is 11.1 Å². The third-order valence-corrected chi connectivity index (χ3v) is 5.52. The van der Waals surface area contributed by atoms with Gasteiger partial charge in [0, 0.05) is 44.8 Å². The topological polar surface area (TPSA) is 76.6 Å². The van der Waals surface area contributed by atoms with E-state index < -0.39 is 9.84 Å². The van der Waals surface area contributed by atoms with E-state index in [0.717, 1.165) is 36.3 Å². The van der Waals surface area contributed by atoms with E-state index >= 15 is 0 Å². The van der Waals surface area contributed by atoms with Crippen LogP contribution in [0.3, 0.4) is 0 Å². The van der Waals surface area contributed by atoms with E-state index in [4.69, 9.17) is 4.74 Å². The molecule has 1 fully saturated rings. The Morgan fingerprint density at radius 1 is 1.38 bits per heavy atom. The van der Waals surface area contributed by atoms with Crippen LogP contribution in [0.15, 0.2) is 12.4 Å². The Bertz CT molecular complexity index is 713. The fourth-order valence-corrected chi connectivity index (χ4v) is 3.50. The van der Waals surface area contributed by atoms with Crippen LogP contribution >= 0.6 is 0 Å². The normalized spacial score (nSPS) is 17.6. The molecular weight excluding hydrogens is 328 g/mol. The first kappa shape index (κ1) is 17.4. The Morgan fingerprint density at radius 2 is 2.17 bits per heavy atom. The maximum Gasteiger partial charge on any atom is 0.223 e. The van der Waals surface area contributed by atoms with Crippen molar-refractivity contribution in [2.75, 3.05) is 25.2 Å². The second-order valence-electron chi connectivity index (χ2n) is 6.84. The van der Waals surface area contributed by atoms with Gasteiger partial charge in [0.05, 0.1) is 12.4 Å². The van der Waals surface area contributed by atoms with Crippen molar-refractivity contribution >= 4 is 15.7 Å². The SMILES string of the molecule is CS(=O)(=O)CCC(=O)N1CCc2c(COCC3CC3)cncc2C1. The average Bonchev–Trinajstić information content (AvgIpc) is 3.36. The van der Waals surface area contributed by atoms with E-state index in [0.29, 0.717) is 19.7 Å². The molecule has 0 spiro atoms. The van der Waals surface area contributed by atoms with Crippen molar-refractivity contribution < 1.29 is 17.9 Å². The third kappa shape index (κ3) is 4.77. The fraction of sp³-hybridized carbons (Fsp3) is 0.647. The van der Waals surface area contributed by atoms with Gasteiger partial charge in [-0.25, -0.2) is 8.42 Å². The Balaban J connectivity index is 1.59. The summed E-state index contributed by atoms with van der Waals surface area (Å²) in [6, 6.07) is 0. The number of pyridine rings is 1. The van der Waals surface area contributed by atoms with Gasteiger partial charge in [0.15, 0.2) is 0 Å². The molecule has 1 aromatic heterocycles. The molecule has 2 heterocycles. The van der Waals surface area contributed by atoms with Crippen LogP contribution in [-0.4, -0.2) is 49.4 Å². The zero-order valence-corrected chi connectivity index (χ0v) is 14.8. The number of nitrogens with zero attached hydrogens (tertiary/aromatic N) is 2. The van der Waals surface area contributed by atoms with Crippen LogP contribution in [-0.2, 0) is 38.9 Å². The molecule has 24 heavy (non-hydrogen) atoms. The number of carbonyl (C=O) groups excluding carboxylic acids is 1. The van der Waals surface area contributed by atoms with Crippen LogP contribution < -0.4 is 0 Å². The summed E-state index contributed by atoms with van der Waals surface area (Å²) in [7, 11) is -3.11. The van der Waals surface area contributed by atoms with Crippen LogP contribution in [0.1, 0.15) is 36.0 Å². The molecule has 0 atom stereocenters. The predicted octanol–water partition coefficient (Wildman–Crippen LogP) is 1.33. The number of sulfone groups is 1. The highest BCUT2D eigenvalue weighted by Crippen LogP contribution is 2.29. The Hall–Kier alpha value is -1.47. The highest BCUT2D eigenvalue weighted by atomic mass is 32.2. The molecule has 3 rings (SSSR count). The molecule has 7 heteroatoms. The van der Waals surface area contributed by atoms with Crippen molar-refractivity contribution in [3.63, 3.8) is 0 Å². The molecule has 0 unspecified atom stereocenters. The highest BCUT2D eigenvalue weighted by Gasteiger charge is 2.24. The molecule has 0 radical (unpaired) electrons. The minimum Gasteiger partial charge on any atom is -0.376 e. The quantitative estimate of drug-likeness (QED) is 0.740. The molecule has 1 aliphatic carbocycles. The summed E-state index contributed by atoms with van der Waals surface area (Å²) in [5, 5.41) is 0. The highest BCUT2D eigenvalue weighted by molar-refractivity contribution is 7.90. The first-order chi connectivity index (χ1) is 11.4. The summed E-state index contributed by atoms with van der Waals surface area (Å²) in [5.41, 5.74) is 3.38. The fourth-order valence-electron chi connectivity index (χ4n) is 2.96. The lowest BCUT2D eigenvalue weighted by Gasteiger charge is -2.30. The van der Waals surface area contributed by atoms with Crippen molar-refractivity contribution in [2.24, 2.45) is 5.92 Å². The molecule has 132 valence electrons. The zero-order valence-electron chi connectivity index (χ0n) is 14.0. The minimum atomic E-state index is -3.11. The first-order valence-electron chi connectivity index (χ1n) is 8.40. The van der Waals surface area contributed by atoms with Gasteiger partial charge in [-0.2, -0.15) is 0 Å². The average molecular weight is 352 g/mol. The number of carbonyl (C=O) groups is 1. The van der Waals surface area contributed by atoms with Gasteiger partial charge >= 0.3 is 0 Å². The second kappa shape index (κ2) is 7.19. The van der Waals surface area contributed by atoms with Gasteiger partial charge in [-0.05, 0) is 41.9 Å². The van der Waals surface area contributed by atoms with Gasteiger partial charge in [-0.15, -0.1) is 0 Å². The summed E-state index contributed by atoms with van der Waals surface area (Å²) >= 11 is 0. The van der Waals surface area contributed by atoms with Crippen LogP contribution in [0.2, 0.25) is 0 Å². The van der Waals surface area contributed by atoms with Crippen LogP contribution in [0, 0.1) is 5.92 Å². The van der Waals surface area contributed by atoms with Gasteiger partial charge in [0.25, 0.3) is 0 Å². The predicted molar refractivity (Wildman–Crippen MR) is 90.1 cm³/mol. The molecule has 0 aromatic carbocycles. The van der Waals surface area contributed by atoms with E-state index in [1.165, 1.54) is 18.4 Å². The molecule has 1 aromatic rings. The first-order valence-corrected chi connectivity index (χ1v) is 10.5. The lowest BCUT2D eigenvalue weighted by atomic mass is 9.97. The van der Waals surface area contributed by atoms with Gasteiger partial charge in [-0.1, -0.05) is 0 Å². The number of amides is 1. The zero-order chi connectivity index (χ0) is 17.2. The number of rotatable bonds is 7. The van der Waals surface area contributed by atoms with Gasteiger partial charge < -0.3 is 9.64 Å². The van der Waals surface area contributed by atoms with Gasteiger partial charge in [0.2, 0.25) is 5.91 Å². The molecule has 6 nitrogen and oxygen atoms in total. The van der Waals surface area contributed by atoms with E-state index in [9.17, 15) is 13.2 Å². The number of hydrogen-bond donors (Lipinski definition) is 0. The Labute approximate surface area is 143 Å². The molecule has 1 aliphatic heterocycles. The number of hydrogen-bond acceptors (Lipinski definition) is 5. The van der Waals surface area contributed by atoms with Crippen molar-refractivity contribution in [1.82, 2.24) is 9.88 Å². The standard InChI is InChI=1S/C17H24N2O4S/c1-24(21,22)7-5-17(20)19-6-4-16-14(10-19)8-18-9-15(16)12-23-11-13-2-3-13/h8-9,13H,2-7,10-12H2,1H3. The molecule has 0 bridgehead atoms. The van der Waals surface area contributed by atoms with E-state index in [2.05, 4.69) is 4.98 Å². The van der Waals surface area contributed by atoms with Crippen molar-refractivity contribution in [3.05, 3.63) is 29.1 Å². The van der Waals surface area contributed by atoms with Gasteiger partial charge in [0.1, 0.15) is 9.84 Å². The smallest absolute Gasteiger partial charge is 0.223 e. The molecule has 1 saturated carbocycles. The third-order valence-electron chi connectivity index (χ3n) is 4.58. The summed E-state index contributed by atoms with van der Waals surface area (Å²) in [6.07, 6.45) is 8.17. The number of ether oxygens (including phenoxy) is 1. The Morgan fingerprint density at radius 3 is 2.88 bits per heavy atom. The molecule has 2 aliphatic rings. The molecule has 0 saturated heterocycles. The summed E-state index contributed by atoms with van der Waals surface area (Å²) in [6.45, 7) is 2.52. The maximum absolute atomic E-state index is 12.2. The largest absolute Gasteiger partial charge is 0.376 e. The monoisotopic (exact) mass is 352 g/mol. The Kier molecular flexibility index (Phi) is 5.20. The van der Waals surface area contributed by atoms with Crippen molar-refractivity contribution in [2.45, 2.75) is 38.8 Å². The van der Waals surface area contributed by atoms with Crippen molar-refractivity contribution in [1.29, 1.82) is 0 Å². The van der Waals surface area contributed by atoms with Crippen LogP contribution in [0.4, 0.5) is 0 Å². The van der Waals surface area contributed by atoms with Crippen LogP contribution in [0.5, 0.6) is 0 Å². The number of aromatic nitrogens is 1. The van der Waals surface area contributed by atoms with Crippen molar-refractivity contribution in [3.8, 4) is 0 Å². The van der Waals surface area contributed by atoms with E-state index in [1.807, 2.05) is 6.20 Å². The van der Waals surface area contributed by atoms with Crippen LogP contribution in [0.25, 0.3) is 0 Å². The summed E-state index contributed by atoms with van der Waals surface area (Å²) < 4.78 is 28.2. The summed E-state index contributed by atoms with van der Waals surface area (Å²) in [5.74, 6) is 0.532. The minimum absolute atomic E-state index is 0.0474.